The van der Waals surface area contributed by atoms with Gasteiger partial charge in [0.05, 0.1) is 15.5 Å². The maximum atomic E-state index is 14.6. The Kier molecular flexibility index (Phi) is 6.40. The van der Waals surface area contributed by atoms with E-state index >= 15 is 0 Å². The number of hydrogen-bond donors (Lipinski definition) is 0. The number of hydrogen-bond acceptors (Lipinski definition) is 5. The van der Waals surface area contributed by atoms with Gasteiger partial charge in [-0.15, -0.1) is 0 Å². The van der Waals surface area contributed by atoms with Crippen molar-refractivity contribution in [3.8, 4) is 0 Å². The van der Waals surface area contributed by atoms with Crippen LogP contribution < -0.4 is 4.90 Å². The molecule has 0 bridgehead atoms. The molecule has 0 atom stereocenters. The minimum Gasteiger partial charge on any atom is -0.340 e. The summed E-state index contributed by atoms with van der Waals surface area (Å²) in [7, 11) is -7.81. The fraction of sp³-hybridized carbons (Fsp3) is 0.100. The van der Waals surface area contributed by atoms with E-state index in [1.54, 1.807) is 36.4 Å². The highest BCUT2D eigenvalue weighted by atomic mass is 79.9. The summed E-state index contributed by atoms with van der Waals surface area (Å²) in [5.74, 6) is -2.12. The highest BCUT2D eigenvalue weighted by Gasteiger charge is 2.27. The molecule has 0 aromatic heterocycles. The summed E-state index contributed by atoms with van der Waals surface area (Å²) in [6.45, 7) is 0. The van der Waals surface area contributed by atoms with Crippen molar-refractivity contribution in [1.82, 2.24) is 0 Å². The number of nitrogens with zero attached hydrogens (tertiary/aromatic N) is 1. The summed E-state index contributed by atoms with van der Waals surface area (Å²) in [6.07, 6.45) is 0. The van der Waals surface area contributed by atoms with Gasteiger partial charge in [0, 0.05) is 4.47 Å². The van der Waals surface area contributed by atoms with E-state index in [4.69, 9.17) is 0 Å². The van der Waals surface area contributed by atoms with Crippen molar-refractivity contribution in [3.63, 3.8) is 0 Å². The third kappa shape index (κ3) is 5.23. The molecule has 0 heterocycles. The van der Waals surface area contributed by atoms with Gasteiger partial charge in [0.1, 0.15) is 17.6 Å². The summed E-state index contributed by atoms with van der Waals surface area (Å²) in [6, 6.07) is 19.3. The lowest BCUT2D eigenvalue weighted by molar-refractivity contribution is 0.586. The van der Waals surface area contributed by atoms with Crippen LogP contribution in [-0.4, -0.2) is 28.6 Å². The van der Waals surface area contributed by atoms with Crippen molar-refractivity contribution in [2.75, 3.05) is 16.7 Å². The number of benzene rings is 3. The first-order valence-corrected chi connectivity index (χ1v) is 12.5. The Labute approximate surface area is 177 Å². The van der Waals surface area contributed by atoms with Gasteiger partial charge in [0.2, 0.25) is 0 Å². The molecule has 0 N–H and O–H groups in total. The van der Waals surface area contributed by atoms with Gasteiger partial charge < -0.3 is 4.90 Å². The topological polar surface area (TPSA) is 71.5 Å². The monoisotopic (exact) mass is 497 g/mol. The fourth-order valence-corrected chi connectivity index (χ4v) is 5.90. The molecule has 152 valence electrons. The number of sulfone groups is 2. The predicted molar refractivity (Wildman–Crippen MR) is 114 cm³/mol. The van der Waals surface area contributed by atoms with Gasteiger partial charge in [-0.1, -0.05) is 52.3 Å². The van der Waals surface area contributed by atoms with Crippen LogP contribution in [0.3, 0.4) is 0 Å². The van der Waals surface area contributed by atoms with Crippen molar-refractivity contribution in [3.05, 3.63) is 89.2 Å². The third-order valence-corrected chi connectivity index (χ3v) is 7.88. The van der Waals surface area contributed by atoms with Crippen LogP contribution in [0.2, 0.25) is 0 Å². The SMILES string of the molecule is O=S(=O)(CN(CS(=O)(=O)c1ccccc1)c1ccc(Br)cc1F)c1ccccc1. The molecular formula is C20H17BrFNO4S2. The summed E-state index contributed by atoms with van der Waals surface area (Å²) in [5.41, 5.74) is -0.118. The van der Waals surface area contributed by atoms with Gasteiger partial charge in [-0.2, -0.15) is 0 Å². The Morgan fingerprint density at radius 1 is 0.724 bits per heavy atom. The molecule has 0 spiro atoms. The first-order valence-electron chi connectivity index (χ1n) is 8.45. The van der Waals surface area contributed by atoms with Gasteiger partial charge in [-0.3, -0.25) is 0 Å². The van der Waals surface area contributed by atoms with Crippen LogP contribution in [0.1, 0.15) is 0 Å². The summed E-state index contributed by atoms with van der Waals surface area (Å²) < 4.78 is 66.4. The molecule has 0 fully saturated rings. The minimum atomic E-state index is -3.91. The van der Waals surface area contributed by atoms with Crippen molar-refractivity contribution >= 4 is 41.3 Å². The summed E-state index contributed by atoms with van der Waals surface area (Å²) in [5, 5.41) is 0. The minimum absolute atomic E-state index is 0.0274. The quantitative estimate of drug-likeness (QED) is 0.487. The van der Waals surface area contributed by atoms with Crippen LogP contribution in [0.25, 0.3) is 0 Å². The largest absolute Gasteiger partial charge is 0.340 e. The number of rotatable bonds is 7. The molecule has 0 amide bonds. The van der Waals surface area contributed by atoms with Crippen LogP contribution in [0.4, 0.5) is 10.1 Å². The molecule has 0 aliphatic carbocycles. The molecule has 0 saturated carbocycles. The first-order chi connectivity index (χ1) is 13.7. The molecule has 0 radical (unpaired) electrons. The first kappa shape index (κ1) is 21.5. The highest BCUT2D eigenvalue weighted by Crippen LogP contribution is 2.27. The maximum Gasteiger partial charge on any atom is 0.196 e. The van der Waals surface area contributed by atoms with Crippen LogP contribution >= 0.6 is 15.9 Å². The van der Waals surface area contributed by atoms with Crippen LogP contribution in [-0.2, 0) is 19.7 Å². The van der Waals surface area contributed by atoms with Crippen LogP contribution in [0.15, 0.2) is 93.1 Å². The fourth-order valence-electron chi connectivity index (χ4n) is 2.73. The Bertz CT molecular complexity index is 1130. The second kappa shape index (κ2) is 8.64. The van der Waals surface area contributed by atoms with Crippen molar-refractivity contribution in [1.29, 1.82) is 0 Å². The van der Waals surface area contributed by atoms with E-state index in [2.05, 4.69) is 15.9 Å². The lowest BCUT2D eigenvalue weighted by atomic mass is 10.3. The maximum absolute atomic E-state index is 14.6. The molecule has 0 aliphatic heterocycles. The van der Waals surface area contributed by atoms with Crippen LogP contribution in [0.5, 0.6) is 0 Å². The van der Waals surface area contributed by atoms with Crippen molar-refractivity contribution in [2.45, 2.75) is 9.79 Å². The smallest absolute Gasteiger partial charge is 0.196 e. The summed E-state index contributed by atoms with van der Waals surface area (Å²) >= 11 is 3.15. The Morgan fingerprint density at radius 2 is 1.17 bits per heavy atom. The van der Waals surface area contributed by atoms with Gasteiger partial charge in [-0.25, -0.2) is 21.2 Å². The van der Waals surface area contributed by atoms with E-state index in [0.29, 0.717) is 4.47 Å². The molecule has 3 aromatic carbocycles. The summed E-state index contributed by atoms with van der Waals surface area (Å²) in [4.78, 5) is 1.08. The van der Waals surface area contributed by atoms with E-state index in [1.165, 1.54) is 36.4 Å². The molecule has 3 rings (SSSR count). The molecule has 5 nitrogen and oxygen atoms in total. The second-order valence-corrected chi connectivity index (χ2v) is 11.1. The zero-order valence-electron chi connectivity index (χ0n) is 15.1. The molecule has 9 heteroatoms. The lowest BCUT2D eigenvalue weighted by Crippen LogP contribution is -2.35. The average molecular weight is 498 g/mol. The average Bonchev–Trinajstić information content (AvgIpc) is 2.68. The Balaban J connectivity index is 2.03. The highest BCUT2D eigenvalue weighted by molar-refractivity contribution is 9.10. The molecule has 0 aliphatic rings. The van der Waals surface area contributed by atoms with E-state index in [-0.39, 0.29) is 15.5 Å². The third-order valence-electron chi connectivity index (χ3n) is 4.11. The zero-order chi connectivity index (χ0) is 21.1. The van der Waals surface area contributed by atoms with Crippen molar-refractivity contribution in [2.24, 2.45) is 0 Å². The number of halogens is 2. The van der Waals surface area contributed by atoms with Gasteiger partial charge in [-0.05, 0) is 42.5 Å². The molecular weight excluding hydrogens is 481 g/mol. The van der Waals surface area contributed by atoms with Gasteiger partial charge in [0.15, 0.2) is 19.7 Å². The van der Waals surface area contributed by atoms with Gasteiger partial charge in [0.25, 0.3) is 0 Å². The predicted octanol–water partition coefficient (Wildman–Crippen LogP) is 4.26. The standard InChI is InChI=1S/C20H17BrFNO4S2/c21-16-11-12-20(19(22)13-16)23(14-28(24,25)17-7-3-1-4-8-17)15-29(26,27)18-9-5-2-6-10-18/h1-13H,14-15H2. The Morgan fingerprint density at radius 3 is 1.59 bits per heavy atom. The zero-order valence-corrected chi connectivity index (χ0v) is 18.3. The van der Waals surface area contributed by atoms with E-state index in [1.807, 2.05) is 0 Å². The van der Waals surface area contributed by atoms with Crippen LogP contribution in [0, 0.1) is 5.82 Å². The Hall–Kier alpha value is -2.23. The molecule has 0 unspecified atom stereocenters. The molecule has 3 aromatic rings. The second-order valence-electron chi connectivity index (χ2n) is 6.25. The number of anilines is 1. The van der Waals surface area contributed by atoms with E-state index in [9.17, 15) is 21.2 Å². The molecule has 0 saturated heterocycles. The van der Waals surface area contributed by atoms with Crippen molar-refractivity contribution < 1.29 is 21.2 Å². The van der Waals surface area contributed by atoms with Gasteiger partial charge >= 0.3 is 0 Å². The van der Waals surface area contributed by atoms with E-state index < -0.39 is 37.2 Å². The normalized spacial score (nSPS) is 11.9. The lowest BCUT2D eigenvalue weighted by Gasteiger charge is -2.25. The molecule has 29 heavy (non-hydrogen) atoms. The van der Waals surface area contributed by atoms with E-state index in [0.717, 1.165) is 11.0 Å².